The van der Waals surface area contributed by atoms with Gasteiger partial charge in [-0.3, -0.25) is 19.1 Å². The van der Waals surface area contributed by atoms with Crippen molar-refractivity contribution < 1.29 is 36.7 Å². The summed E-state index contributed by atoms with van der Waals surface area (Å²) in [5, 5.41) is 14.3. The number of aryl methyl sites for hydroxylation is 1. The van der Waals surface area contributed by atoms with Crippen molar-refractivity contribution in [3.05, 3.63) is 122 Å². The number of benzene rings is 3. The number of carbonyl (C=O) groups is 3. The number of anilines is 1. The van der Waals surface area contributed by atoms with E-state index in [4.69, 9.17) is 0 Å². The van der Waals surface area contributed by atoms with Gasteiger partial charge in [-0.1, -0.05) is 12.1 Å². The Morgan fingerprint density at radius 2 is 1.51 bits per heavy atom. The van der Waals surface area contributed by atoms with Crippen LogP contribution in [0.15, 0.2) is 81.2 Å². The third kappa shape index (κ3) is 7.61. The fourth-order valence-electron chi connectivity index (χ4n) is 4.53. The van der Waals surface area contributed by atoms with E-state index in [9.17, 15) is 46.3 Å². The lowest BCUT2D eigenvalue weighted by molar-refractivity contribution is -0.139. The molecule has 246 valence electrons. The molecule has 2 amide bonds. The van der Waals surface area contributed by atoms with Crippen LogP contribution in [0.4, 0.5) is 14.5 Å². The van der Waals surface area contributed by atoms with Gasteiger partial charge in [0, 0.05) is 37.3 Å². The van der Waals surface area contributed by atoms with Gasteiger partial charge in [-0.15, -0.1) is 0 Å². The second kappa shape index (κ2) is 13.8. The van der Waals surface area contributed by atoms with Crippen molar-refractivity contribution in [2.24, 2.45) is 7.05 Å². The van der Waals surface area contributed by atoms with E-state index >= 15 is 0 Å². The zero-order valence-electron chi connectivity index (χ0n) is 25.2. The van der Waals surface area contributed by atoms with Gasteiger partial charge in [0.2, 0.25) is 0 Å². The number of halogens is 2. The molecule has 0 unspecified atom stereocenters. The van der Waals surface area contributed by atoms with Gasteiger partial charge in [-0.05, 0) is 67.9 Å². The van der Waals surface area contributed by atoms with Crippen LogP contribution in [-0.2, 0) is 28.3 Å². The Morgan fingerprint density at radius 1 is 0.915 bits per heavy atom. The molecule has 0 bridgehead atoms. The van der Waals surface area contributed by atoms with Crippen LogP contribution < -0.4 is 26.6 Å². The number of carboxylic acids is 1. The third-order valence-corrected chi connectivity index (χ3v) is 8.48. The molecular formula is C31H29F2N5O8S. The van der Waals surface area contributed by atoms with Crippen molar-refractivity contribution in [3.63, 3.8) is 0 Å². The quantitative estimate of drug-likeness (QED) is 0.187. The molecule has 1 aromatic heterocycles. The first-order valence-corrected chi connectivity index (χ1v) is 15.4. The number of aromatic nitrogens is 2. The summed E-state index contributed by atoms with van der Waals surface area (Å²) in [6, 6.07) is 11.2. The summed E-state index contributed by atoms with van der Waals surface area (Å²) in [6.07, 6.45) is -0.331. The molecule has 4 rings (SSSR count). The molecule has 13 nitrogen and oxygen atoms in total. The number of carboxylic acid groups (broad SMARTS) is 1. The molecule has 3 aromatic carbocycles. The summed E-state index contributed by atoms with van der Waals surface area (Å²) in [5.74, 6) is -6.28. The van der Waals surface area contributed by atoms with Crippen molar-refractivity contribution in [2.45, 2.75) is 31.2 Å². The fourth-order valence-corrected chi connectivity index (χ4v) is 5.57. The lowest BCUT2D eigenvalue weighted by atomic mass is 10.0. The highest BCUT2D eigenvalue weighted by atomic mass is 32.2. The van der Waals surface area contributed by atoms with Gasteiger partial charge < -0.3 is 20.3 Å². The SMILES string of the molecule is CCNC(=O)c1ccc(S(=O)(=O)Nc2cc(F)c(C(=O)N[C@@H](Cc3ccc(-n4c(=O)cc(C)n(C)c4=O)cc3)C(=O)O)c(F)c2)cc1. The Hall–Kier alpha value is -5.64. The van der Waals surface area contributed by atoms with Crippen LogP contribution in [0.2, 0.25) is 0 Å². The van der Waals surface area contributed by atoms with Gasteiger partial charge in [0.05, 0.1) is 16.3 Å². The van der Waals surface area contributed by atoms with Crippen LogP contribution in [0.25, 0.3) is 5.69 Å². The van der Waals surface area contributed by atoms with Crippen molar-refractivity contribution >= 4 is 33.5 Å². The van der Waals surface area contributed by atoms with E-state index in [0.717, 1.165) is 16.7 Å². The number of nitrogens with zero attached hydrogens (tertiary/aromatic N) is 2. The Bertz CT molecular complexity index is 2070. The van der Waals surface area contributed by atoms with E-state index in [1.54, 1.807) is 13.8 Å². The van der Waals surface area contributed by atoms with E-state index in [1.807, 2.05) is 4.72 Å². The van der Waals surface area contributed by atoms with Crippen LogP contribution in [0.5, 0.6) is 0 Å². The Labute approximate surface area is 266 Å². The minimum absolute atomic E-state index is 0.195. The third-order valence-electron chi connectivity index (χ3n) is 7.08. The number of hydrogen-bond acceptors (Lipinski definition) is 7. The molecule has 0 aliphatic rings. The van der Waals surface area contributed by atoms with Gasteiger partial charge in [0.15, 0.2) is 0 Å². The first-order chi connectivity index (χ1) is 22.1. The Balaban J connectivity index is 1.49. The summed E-state index contributed by atoms with van der Waals surface area (Å²) >= 11 is 0. The molecule has 0 radical (unpaired) electrons. The number of hydrogen-bond donors (Lipinski definition) is 4. The number of carbonyl (C=O) groups excluding carboxylic acids is 2. The van der Waals surface area contributed by atoms with E-state index in [0.29, 0.717) is 29.9 Å². The van der Waals surface area contributed by atoms with Gasteiger partial charge in [0.1, 0.15) is 23.2 Å². The van der Waals surface area contributed by atoms with E-state index in [-0.39, 0.29) is 22.6 Å². The van der Waals surface area contributed by atoms with Crippen molar-refractivity contribution in [1.82, 2.24) is 19.8 Å². The van der Waals surface area contributed by atoms with E-state index in [1.165, 1.54) is 54.1 Å². The maximum atomic E-state index is 15.0. The first-order valence-electron chi connectivity index (χ1n) is 14.0. The summed E-state index contributed by atoms with van der Waals surface area (Å²) in [7, 11) is -2.86. The molecule has 4 N–H and O–H groups in total. The zero-order chi connectivity index (χ0) is 34.6. The topological polar surface area (TPSA) is 186 Å². The molecule has 47 heavy (non-hydrogen) atoms. The highest BCUT2D eigenvalue weighted by molar-refractivity contribution is 7.92. The number of aliphatic carboxylic acids is 1. The number of nitrogens with one attached hydrogen (secondary N) is 3. The van der Waals surface area contributed by atoms with E-state index < -0.39 is 68.0 Å². The summed E-state index contributed by atoms with van der Waals surface area (Å²) in [4.78, 5) is 61.3. The summed E-state index contributed by atoms with van der Waals surface area (Å²) < 4.78 is 59.7. The average molecular weight is 670 g/mol. The lowest BCUT2D eigenvalue weighted by Crippen LogP contribution is -2.43. The number of rotatable bonds is 11. The number of sulfonamides is 1. The second-order valence-electron chi connectivity index (χ2n) is 10.3. The molecule has 0 saturated carbocycles. The van der Waals surface area contributed by atoms with Gasteiger partial charge in [-0.25, -0.2) is 31.4 Å². The first kappa shape index (κ1) is 34.2. The lowest BCUT2D eigenvalue weighted by Gasteiger charge is -2.16. The second-order valence-corrected chi connectivity index (χ2v) is 12.0. The number of amides is 2. The van der Waals surface area contributed by atoms with Crippen LogP contribution in [0.3, 0.4) is 0 Å². The standard InChI is InChI=1S/C31H29F2N5O8S/c1-4-34-28(40)19-7-11-22(12-8-19)47(45,46)36-20-15-23(32)27(24(33)16-20)29(41)35-25(30(42)43)14-18-5-9-21(10-6-18)38-26(39)13-17(2)37(3)31(38)44/h5-13,15-16,25,36H,4,14H2,1-3H3,(H,34,40)(H,35,41)(H,42,43)/t25-/m0/s1. The van der Waals surface area contributed by atoms with Crippen LogP contribution in [-0.4, -0.2) is 53.0 Å². The molecule has 16 heteroatoms. The van der Waals surface area contributed by atoms with Gasteiger partial charge in [0.25, 0.3) is 27.4 Å². The fraction of sp³-hybridized carbons (Fsp3) is 0.194. The van der Waals surface area contributed by atoms with Crippen molar-refractivity contribution in [2.75, 3.05) is 11.3 Å². The van der Waals surface area contributed by atoms with Gasteiger partial charge >= 0.3 is 11.7 Å². The zero-order valence-corrected chi connectivity index (χ0v) is 26.0. The molecule has 0 fully saturated rings. The highest BCUT2D eigenvalue weighted by Crippen LogP contribution is 2.23. The smallest absolute Gasteiger partial charge is 0.335 e. The van der Waals surface area contributed by atoms with E-state index in [2.05, 4.69) is 10.6 Å². The highest BCUT2D eigenvalue weighted by Gasteiger charge is 2.26. The normalized spacial score (nSPS) is 11.9. The van der Waals surface area contributed by atoms with Crippen LogP contribution >= 0.6 is 0 Å². The van der Waals surface area contributed by atoms with Crippen LogP contribution in [0.1, 0.15) is 38.9 Å². The predicted molar refractivity (Wildman–Crippen MR) is 166 cm³/mol. The average Bonchev–Trinajstić information content (AvgIpc) is 3.00. The summed E-state index contributed by atoms with van der Waals surface area (Å²) in [6.45, 7) is 3.67. The summed E-state index contributed by atoms with van der Waals surface area (Å²) in [5.41, 5.74) is -1.64. The Morgan fingerprint density at radius 3 is 2.06 bits per heavy atom. The van der Waals surface area contributed by atoms with Crippen LogP contribution in [0, 0.1) is 18.6 Å². The largest absolute Gasteiger partial charge is 0.480 e. The molecule has 4 aromatic rings. The molecule has 0 saturated heterocycles. The van der Waals surface area contributed by atoms with Gasteiger partial charge in [-0.2, -0.15) is 0 Å². The minimum Gasteiger partial charge on any atom is -0.480 e. The molecule has 1 heterocycles. The molecule has 0 aliphatic heterocycles. The molecule has 0 aliphatic carbocycles. The molecule has 1 atom stereocenters. The maximum absolute atomic E-state index is 15.0. The Kier molecular flexibility index (Phi) is 10.0. The molecular weight excluding hydrogens is 640 g/mol. The van der Waals surface area contributed by atoms with Crippen molar-refractivity contribution in [3.8, 4) is 5.69 Å². The molecule has 0 spiro atoms. The monoisotopic (exact) mass is 669 g/mol. The maximum Gasteiger partial charge on any atom is 0.335 e. The predicted octanol–water partition coefficient (Wildman–Crippen LogP) is 2.10. The van der Waals surface area contributed by atoms with Crippen molar-refractivity contribution in [1.29, 1.82) is 0 Å². The minimum atomic E-state index is -4.36.